The predicted molar refractivity (Wildman–Crippen MR) is 588 cm³/mol. The highest BCUT2D eigenvalue weighted by molar-refractivity contribution is 7.27. The topological polar surface area (TPSA) is 16.3 Å². The third-order valence-corrected chi connectivity index (χ3v) is 31.8. The first kappa shape index (κ1) is 80.6. The van der Waals surface area contributed by atoms with Crippen LogP contribution in [0.3, 0.4) is 0 Å². The van der Waals surface area contributed by atoms with Crippen LogP contribution >= 0.6 is 22.7 Å². The molecule has 4 aromatic heterocycles. The smallest absolute Gasteiger partial charge is 0.0714 e. The molecule has 0 saturated carbocycles. The number of fused-ring (bicyclic) bond motifs is 22. The second-order valence-electron chi connectivity index (χ2n) is 37.3. The van der Waals surface area contributed by atoms with Gasteiger partial charge in [0.1, 0.15) is 0 Å². The van der Waals surface area contributed by atoms with Crippen molar-refractivity contribution in [1.29, 1.82) is 0 Å². The van der Waals surface area contributed by atoms with E-state index in [1.54, 1.807) is 0 Å². The summed E-state index contributed by atoms with van der Waals surface area (Å²) in [5, 5.41) is 15.2. The van der Waals surface area contributed by atoms with Crippen molar-refractivity contribution in [3.63, 3.8) is 0 Å². The Hall–Kier alpha value is -17.0. The zero-order valence-corrected chi connectivity index (χ0v) is 77.6. The van der Waals surface area contributed by atoms with Gasteiger partial charge in [-0.3, -0.25) is 0 Å². The highest BCUT2D eigenvalue weighted by Gasteiger charge is 2.47. The van der Waals surface area contributed by atoms with Gasteiger partial charge in [0.25, 0.3) is 0 Å². The molecule has 0 amide bonds. The average Bonchev–Trinajstić information content (AvgIpc) is 1.55. The molecule has 0 N–H and O–H groups in total. The fourth-order valence-electron chi connectivity index (χ4n) is 23.0. The van der Waals surface area contributed by atoms with Crippen LogP contribution in [0.1, 0.15) is 47.2 Å². The summed E-state index contributed by atoms with van der Waals surface area (Å²) in [6.45, 7) is 4.72. The van der Waals surface area contributed by atoms with Crippen LogP contribution < -0.4 is 9.80 Å². The van der Waals surface area contributed by atoms with Crippen molar-refractivity contribution < 1.29 is 0 Å². The van der Waals surface area contributed by atoms with Gasteiger partial charge in [-0.2, -0.15) is 0 Å². The van der Waals surface area contributed by atoms with E-state index in [1.165, 1.54) is 217 Å². The molecule has 2 aliphatic rings. The monoisotopic (exact) mass is 1790 g/mol. The molecule has 0 fully saturated rings. The fourth-order valence-corrected chi connectivity index (χ4v) is 25.5. The minimum absolute atomic E-state index is 0.111. The maximum absolute atomic E-state index is 2.51. The van der Waals surface area contributed by atoms with Gasteiger partial charge in [0.15, 0.2) is 0 Å². The molecule has 0 bridgehead atoms. The van der Waals surface area contributed by atoms with Crippen LogP contribution in [-0.4, -0.2) is 9.13 Å². The van der Waals surface area contributed by atoms with Gasteiger partial charge < -0.3 is 18.9 Å². The molecule has 22 aromatic carbocycles. The summed E-state index contributed by atoms with van der Waals surface area (Å²) in [4.78, 5) is 4.87. The van der Waals surface area contributed by atoms with Crippen molar-refractivity contribution in [3.05, 3.63) is 531 Å². The number of anilines is 6. The van der Waals surface area contributed by atoms with E-state index >= 15 is 0 Å². The first-order chi connectivity index (χ1) is 68.2. The predicted octanol–water partition coefficient (Wildman–Crippen LogP) is 36.9. The Bertz CT molecular complexity index is 9290. The molecule has 0 radical (unpaired) electrons. The van der Waals surface area contributed by atoms with Crippen LogP contribution in [0.15, 0.2) is 497 Å². The van der Waals surface area contributed by atoms with Gasteiger partial charge in [0, 0.05) is 124 Å². The lowest BCUT2D eigenvalue weighted by Gasteiger charge is -2.35. The zero-order chi connectivity index (χ0) is 91.3. The number of rotatable bonds is 14. The van der Waals surface area contributed by atoms with E-state index in [0.29, 0.717) is 0 Å². The van der Waals surface area contributed by atoms with Crippen molar-refractivity contribution in [2.75, 3.05) is 9.80 Å². The first-order valence-electron chi connectivity index (χ1n) is 47.7. The minimum atomic E-state index is -0.525. The van der Waals surface area contributed by atoms with Crippen molar-refractivity contribution >= 4 is 162 Å². The summed E-state index contributed by atoms with van der Waals surface area (Å²) >= 11 is 3.80. The standard InChI is InChI=1S/C71H46N2S.C61H42N2S/c1-4-18-47(19-5-1)49-32-37-54(38-33-49)72(57-42-43-59-58-26-12-15-29-64(58)71(65(59)45-57,52-22-6-2-7-23-52)53-24-8-3-9-25-53)55-39-35-50(36-40-55)62-46-63-60-27-13-16-30-66(60)73(56-41-34-48-20-10-11-21-51(48)44-56)69(63)68-61-28-14-17-31-67(61)74-70(62)68;1-61(2)54-21-11-8-18-48(54)49-35-34-47(37-55(49)61)62(44-29-24-41(25-30-44)39-14-4-3-5-15-39)45-31-27-42(28-32-45)52-38-53-50-19-9-12-22-56(50)63(46-33-26-40-16-6-7-17-43(40)36-46)59(53)58-51-20-10-13-23-57(51)64-60(52)58/h1-46H;3-38H,1-2H3. The van der Waals surface area contributed by atoms with Crippen molar-refractivity contribution in [1.82, 2.24) is 9.13 Å². The minimum Gasteiger partial charge on any atom is -0.310 e. The summed E-state index contributed by atoms with van der Waals surface area (Å²) in [6, 6.07) is 184. The number of aromatic nitrogens is 2. The van der Waals surface area contributed by atoms with E-state index in [1.807, 2.05) is 22.7 Å². The van der Waals surface area contributed by atoms with Crippen molar-refractivity contribution in [2.24, 2.45) is 0 Å². The van der Waals surface area contributed by atoms with Gasteiger partial charge in [0.2, 0.25) is 0 Å². The molecule has 0 unspecified atom stereocenters. The van der Waals surface area contributed by atoms with Gasteiger partial charge in [-0.25, -0.2) is 0 Å². The zero-order valence-electron chi connectivity index (χ0n) is 75.9. The fraction of sp³-hybridized carbons (Fsp3) is 0.0303. The summed E-state index contributed by atoms with van der Waals surface area (Å²) in [7, 11) is 0. The van der Waals surface area contributed by atoms with Gasteiger partial charge in [-0.05, 0) is 244 Å². The highest BCUT2D eigenvalue weighted by Crippen LogP contribution is 2.59. The highest BCUT2D eigenvalue weighted by atomic mass is 32.1. The molecule has 0 saturated heterocycles. The summed E-state index contributed by atoms with van der Waals surface area (Å²) in [5.41, 5.74) is 36.0. The SMILES string of the molecule is CC1(C)c2ccccc2-c2ccc(N(c3ccc(-c4ccccc4)cc3)c3ccc(-c4cc5c6ccccc6n(-c6ccc7ccccc7c6)c5c5c4sc4ccccc45)cc3)cc21.c1ccc(-c2ccc(N(c3ccc(-c4cc5c6ccccc6n(-c6ccc7ccccc7c6)c5c5c4sc4ccccc45)cc3)c3ccc4c(c3)C(c3ccccc3)(c3ccccc3)c3ccccc3-4)cc2)cc1. The lowest BCUT2D eigenvalue weighted by atomic mass is 9.67. The van der Waals surface area contributed by atoms with Crippen LogP contribution in [0.2, 0.25) is 0 Å². The molecule has 0 atom stereocenters. The van der Waals surface area contributed by atoms with Crippen molar-refractivity contribution in [3.8, 4) is 78.1 Å². The van der Waals surface area contributed by atoms with Crippen molar-refractivity contribution in [2.45, 2.75) is 24.7 Å². The lowest BCUT2D eigenvalue weighted by molar-refractivity contribution is 0.660. The molecule has 6 heteroatoms. The van der Waals surface area contributed by atoms with Crippen LogP contribution in [0, 0.1) is 0 Å². The Labute approximate surface area is 808 Å². The van der Waals surface area contributed by atoms with Crippen LogP contribution in [0.4, 0.5) is 34.1 Å². The summed E-state index contributed by atoms with van der Waals surface area (Å²) < 4.78 is 10.2. The van der Waals surface area contributed by atoms with Crippen LogP contribution in [0.5, 0.6) is 0 Å². The normalized spacial score (nSPS) is 12.8. The molecular formula is C132H88N4S2. The quantitative estimate of drug-likeness (QED) is 0.108. The molecule has 4 heterocycles. The molecular weight excluding hydrogens is 1710 g/mol. The maximum atomic E-state index is 2.51. The Balaban J connectivity index is 0.000000141. The number of hydrogen-bond donors (Lipinski definition) is 0. The number of benzene rings is 22. The molecule has 138 heavy (non-hydrogen) atoms. The summed E-state index contributed by atoms with van der Waals surface area (Å²) in [6.07, 6.45) is 0. The van der Waals surface area contributed by atoms with Gasteiger partial charge in [-0.15, -0.1) is 22.7 Å². The largest absolute Gasteiger partial charge is 0.310 e. The van der Waals surface area contributed by atoms with E-state index in [2.05, 4.69) is 530 Å². The maximum Gasteiger partial charge on any atom is 0.0714 e. The van der Waals surface area contributed by atoms with Crippen LogP contribution in [-0.2, 0) is 10.8 Å². The third-order valence-electron chi connectivity index (χ3n) is 29.4. The number of para-hydroxylation sites is 2. The Morgan fingerprint density at radius 2 is 0.536 bits per heavy atom. The molecule has 0 spiro atoms. The number of hydrogen-bond acceptors (Lipinski definition) is 4. The molecule has 648 valence electrons. The second kappa shape index (κ2) is 32.4. The van der Waals surface area contributed by atoms with E-state index < -0.39 is 5.41 Å². The van der Waals surface area contributed by atoms with Gasteiger partial charge in [0.05, 0.1) is 27.5 Å². The lowest BCUT2D eigenvalue weighted by Crippen LogP contribution is -2.28. The Kier molecular flexibility index (Phi) is 18.9. The number of thiophene rings is 2. The van der Waals surface area contributed by atoms with E-state index in [4.69, 9.17) is 0 Å². The molecule has 4 nitrogen and oxygen atoms in total. The number of nitrogens with zero attached hydrogens (tertiary/aromatic N) is 4. The average molecular weight is 1790 g/mol. The Morgan fingerprint density at radius 3 is 0.986 bits per heavy atom. The first-order valence-corrected chi connectivity index (χ1v) is 49.3. The molecule has 0 aliphatic heterocycles. The molecule has 28 rings (SSSR count). The van der Waals surface area contributed by atoms with Crippen LogP contribution in [0.25, 0.3) is 184 Å². The Morgan fingerprint density at radius 1 is 0.210 bits per heavy atom. The van der Waals surface area contributed by atoms with Gasteiger partial charge >= 0.3 is 0 Å². The van der Waals surface area contributed by atoms with E-state index in [-0.39, 0.29) is 5.41 Å². The second-order valence-corrected chi connectivity index (χ2v) is 39.4. The van der Waals surface area contributed by atoms with E-state index in [9.17, 15) is 0 Å². The summed E-state index contributed by atoms with van der Waals surface area (Å²) in [5.74, 6) is 0. The molecule has 2 aliphatic carbocycles. The third kappa shape index (κ3) is 12.9. The molecule has 26 aromatic rings. The van der Waals surface area contributed by atoms with E-state index in [0.717, 1.165) is 34.1 Å². The van der Waals surface area contributed by atoms with Gasteiger partial charge in [-0.1, -0.05) is 378 Å².